The van der Waals surface area contributed by atoms with Gasteiger partial charge in [-0.2, -0.15) is 0 Å². The zero-order valence-corrected chi connectivity index (χ0v) is 8.50. The Morgan fingerprint density at radius 1 is 1.77 bits per heavy atom. The van der Waals surface area contributed by atoms with E-state index in [1.54, 1.807) is 0 Å². The maximum absolute atomic E-state index is 10.5. The summed E-state index contributed by atoms with van der Waals surface area (Å²) in [6.45, 7) is 0. The first-order valence-electron chi connectivity index (χ1n) is 4.16. The van der Waals surface area contributed by atoms with E-state index >= 15 is 0 Å². The fourth-order valence-corrected chi connectivity index (χ4v) is 2.27. The first kappa shape index (κ1) is 8.81. The summed E-state index contributed by atoms with van der Waals surface area (Å²) in [6.07, 6.45) is 2.00. The molecule has 0 saturated heterocycles. The van der Waals surface area contributed by atoms with Gasteiger partial charge >= 0.3 is 5.97 Å². The van der Waals surface area contributed by atoms with Crippen molar-refractivity contribution >= 4 is 21.9 Å². The molecule has 1 aliphatic rings. The molecule has 0 spiro atoms. The number of carboxylic acid groups (broad SMARTS) is 1. The molecule has 70 valence electrons. The lowest BCUT2D eigenvalue weighted by Crippen LogP contribution is -2.02. The van der Waals surface area contributed by atoms with Crippen molar-refractivity contribution in [3.8, 4) is 0 Å². The van der Waals surface area contributed by atoms with Crippen LogP contribution >= 0.6 is 15.9 Å². The van der Waals surface area contributed by atoms with Crippen LogP contribution in [0.25, 0.3) is 0 Å². The van der Waals surface area contributed by atoms with Gasteiger partial charge in [-0.05, 0) is 40.4 Å². The molecule has 4 heteroatoms. The van der Waals surface area contributed by atoms with Gasteiger partial charge in [0.1, 0.15) is 5.76 Å². The number of halogens is 1. The summed E-state index contributed by atoms with van der Waals surface area (Å²) in [4.78, 5) is 10.5. The average molecular weight is 245 g/mol. The van der Waals surface area contributed by atoms with Crippen LogP contribution in [0.3, 0.4) is 0 Å². The maximum Gasteiger partial charge on any atom is 0.304 e. The standard InChI is InChI=1S/C9H9BrO3/c10-7-3-5-1-2-6(4-8(11)12)9(5)13-7/h3,6H,1-2,4H2,(H,11,12). The summed E-state index contributed by atoms with van der Waals surface area (Å²) in [6, 6.07) is 1.93. The largest absolute Gasteiger partial charge is 0.481 e. The fraction of sp³-hybridized carbons (Fsp3) is 0.444. The van der Waals surface area contributed by atoms with Crippen LogP contribution in [0.2, 0.25) is 0 Å². The molecule has 1 aromatic rings. The highest BCUT2D eigenvalue weighted by Gasteiger charge is 2.28. The van der Waals surface area contributed by atoms with E-state index in [0.717, 1.165) is 24.2 Å². The van der Waals surface area contributed by atoms with Crippen molar-refractivity contribution in [2.75, 3.05) is 0 Å². The molecule has 3 nitrogen and oxygen atoms in total. The highest BCUT2D eigenvalue weighted by molar-refractivity contribution is 9.10. The van der Waals surface area contributed by atoms with Crippen molar-refractivity contribution in [1.82, 2.24) is 0 Å². The Labute approximate surface area is 83.9 Å². The molecule has 0 saturated carbocycles. The Kier molecular flexibility index (Phi) is 2.15. The van der Waals surface area contributed by atoms with E-state index in [0.29, 0.717) is 4.67 Å². The number of furan rings is 1. The number of aryl methyl sites for hydroxylation is 1. The Bertz CT molecular complexity index is 343. The third-order valence-corrected chi connectivity index (χ3v) is 2.76. The van der Waals surface area contributed by atoms with E-state index in [9.17, 15) is 4.79 Å². The van der Waals surface area contributed by atoms with Crippen LogP contribution in [0.4, 0.5) is 0 Å². The lowest BCUT2D eigenvalue weighted by molar-refractivity contribution is -0.137. The molecule has 1 aliphatic carbocycles. The van der Waals surface area contributed by atoms with Crippen molar-refractivity contribution in [2.24, 2.45) is 0 Å². The monoisotopic (exact) mass is 244 g/mol. The third-order valence-electron chi connectivity index (χ3n) is 2.37. The predicted molar refractivity (Wildman–Crippen MR) is 49.7 cm³/mol. The molecule has 1 atom stereocenters. The Balaban J connectivity index is 2.22. The van der Waals surface area contributed by atoms with Crippen molar-refractivity contribution < 1.29 is 14.3 Å². The Morgan fingerprint density at radius 2 is 2.54 bits per heavy atom. The molecule has 1 N–H and O–H groups in total. The number of hydrogen-bond acceptors (Lipinski definition) is 2. The number of carboxylic acids is 1. The predicted octanol–water partition coefficient (Wildman–Crippen LogP) is 2.55. The molecule has 0 aliphatic heterocycles. The molecule has 0 radical (unpaired) electrons. The Hall–Kier alpha value is -0.770. The minimum absolute atomic E-state index is 0.0683. The molecule has 2 rings (SSSR count). The fourth-order valence-electron chi connectivity index (χ4n) is 1.82. The van der Waals surface area contributed by atoms with E-state index in [2.05, 4.69) is 15.9 Å². The van der Waals surface area contributed by atoms with Gasteiger partial charge < -0.3 is 9.52 Å². The van der Waals surface area contributed by atoms with Crippen molar-refractivity contribution in [3.63, 3.8) is 0 Å². The second-order valence-corrected chi connectivity index (χ2v) is 4.06. The van der Waals surface area contributed by atoms with Gasteiger partial charge in [-0.15, -0.1) is 0 Å². The van der Waals surface area contributed by atoms with Gasteiger partial charge in [0, 0.05) is 5.92 Å². The van der Waals surface area contributed by atoms with E-state index in [4.69, 9.17) is 9.52 Å². The SMILES string of the molecule is O=C(O)CC1CCc2cc(Br)oc21. The number of fused-ring (bicyclic) bond motifs is 1. The second kappa shape index (κ2) is 3.18. The van der Waals surface area contributed by atoms with Crippen LogP contribution in [0.5, 0.6) is 0 Å². The molecule has 1 unspecified atom stereocenters. The average Bonchev–Trinajstić information content (AvgIpc) is 2.51. The highest BCUT2D eigenvalue weighted by atomic mass is 79.9. The third kappa shape index (κ3) is 1.63. The van der Waals surface area contributed by atoms with E-state index in [1.165, 1.54) is 0 Å². The summed E-state index contributed by atoms with van der Waals surface area (Å²) in [7, 11) is 0. The lowest BCUT2D eigenvalue weighted by Gasteiger charge is -2.03. The summed E-state index contributed by atoms with van der Waals surface area (Å²) in [5.41, 5.74) is 1.15. The maximum atomic E-state index is 10.5. The summed E-state index contributed by atoms with van der Waals surface area (Å²) in [5, 5.41) is 8.65. The van der Waals surface area contributed by atoms with Gasteiger partial charge in [-0.1, -0.05) is 0 Å². The van der Waals surface area contributed by atoms with Crippen LogP contribution in [-0.4, -0.2) is 11.1 Å². The van der Waals surface area contributed by atoms with E-state index < -0.39 is 5.97 Å². The minimum Gasteiger partial charge on any atom is -0.481 e. The summed E-state index contributed by atoms with van der Waals surface area (Å²) in [5.74, 6) is 0.165. The van der Waals surface area contributed by atoms with E-state index in [-0.39, 0.29) is 12.3 Å². The molecular weight excluding hydrogens is 236 g/mol. The Morgan fingerprint density at radius 3 is 3.23 bits per heavy atom. The zero-order chi connectivity index (χ0) is 9.42. The summed E-state index contributed by atoms with van der Waals surface area (Å²) < 4.78 is 6.09. The number of carbonyl (C=O) groups is 1. The molecule has 13 heavy (non-hydrogen) atoms. The number of aliphatic carboxylic acids is 1. The minimum atomic E-state index is -0.759. The molecule has 1 aromatic heterocycles. The number of hydrogen-bond donors (Lipinski definition) is 1. The first-order chi connectivity index (χ1) is 6.16. The van der Waals surface area contributed by atoms with Gasteiger partial charge in [0.15, 0.2) is 4.67 Å². The van der Waals surface area contributed by atoms with Gasteiger partial charge in [0.2, 0.25) is 0 Å². The van der Waals surface area contributed by atoms with Crippen molar-refractivity contribution in [3.05, 3.63) is 22.1 Å². The normalized spacial score (nSPS) is 20.2. The smallest absolute Gasteiger partial charge is 0.304 e. The van der Waals surface area contributed by atoms with Crippen LogP contribution in [0.1, 0.15) is 30.1 Å². The van der Waals surface area contributed by atoms with Gasteiger partial charge in [0.05, 0.1) is 6.42 Å². The highest BCUT2D eigenvalue weighted by Crippen LogP contribution is 2.38. The molecule has 0 amide bonds. The van der Waals surface area contributed by atoms with E-state index in [1.807, 2.05) is 6.07 Å². The lowest BCUT2D eigenvalue weighted by atomic mass is 10.0. The summed E-state index contributed by atoms with van der Waals surface area (Å²) >= 11 is 3.24. The first-order valence-corrected chi connectivity index (χ1v) is 4.96. The zero-order valence-electron chi connectivity index (χ0n) is 6.92. The molecule has 0 fully saturated rings. The quantitative estimate of drug-likeness (QED) is 0.870. The molecule has 0 bridgehead atoms. The van der Waals surface area contributed by atoms with Crippen LogP contribution in [0, 0.1) is 0 Å². The topological polar surface area (TPSA) is 50.4 Å². The molecule has 1 heterocycles. The van der Waals surface area contributed by atoms with Crippen molar-refractivity contribution in [1.29, 1.82) is 0 Å². The van der Waals surface area contributed by atoms with Crippen LogP contribution in [-0.2, 0) is 11.2 Å². The van der Waals surface area contributed by atoms with Crippen molar-refractivity contribution in [2.45, 2.75) is 25.2 Å². The van der Waals surface area contributed by atoms with Gasteiger partial charge in [0.25, 0.3) is 0 Å². The van der Waals surface area contributed by atoms with Crippen LogP contribution in [0.15, 0.2) is 15.2 Å². The second-order valence-electron chi connectivity index (χ2n) is 3.27. The van der Waals surface area contributed by atoms with Gasteiger partial charge in [-0.25, -0.2) is 0 Å². The van der Waals surface area contributed by atoms with Crippen LogP contribution < -0.4 is 0 Å². The molecular formula is C9H9BrO3. The number of rotatable bonds is 2. The van der Waals surface area contributed by atoms with Gasteiger partial charge in [-0.3, -0.25) is 4.79 Å². The molecule has 0 aromatic carbocycles.